The van der Waals surface area contributed by atoms with Gasteiger partial charge in [0.05, 0.1) is 19.5 Å². The van der Waals surface area contributed by atoms with Crippen LogP contribution in [0.1, 0.15) is 149 Å². The first-order valence-electron chi connectivity index (χ1n) is 19.5. The number of hydrogen-bond acceptors (Lipinski definition) is 7. The van der Waals surface area contributed by atoms with E-state index in [9.17, 15) is 14.3 Å². The molecular formula is C41H72NO7P. The van der Waals surface area contributed by atoms with Crippen LogP contribution in [0.15, 0.2) is 73.1 Å². The number of ether oxygens (including phenoxy) is 2. The molecule has 0 heterocycles. The van der Waals surface area contributed by atoms with Crippen LogP contribution in [0, 0.1) is 0 Å². The molecule has 0 bridgehead atoms. The van der Waals surface area contributed by atoms with Crippen molar-refractivity contribution in [1.29, 1.82) is 0 Å². The van der Waals surface area contributed by atoms with Crippen molar-refractivity contribution in [1.82, 2.24) is 0 Å². The van der Waals surface area contributed by atoms with Crippen molar-refractivity contribution in [2.24, 2.45) is 5.73 Å². The average molecular weight is 722 g/mol. The molecule has 0 aromatic rings. The highest BCUT2D eigenvalue weighted by Crippen LogP contribution is 2.43. The lowest BCUT2D eigenvalue weighted by Crippen LogP contribution is -2.27. The van der Waals surface area contributed by atoms with Crippen molar-refractivity contribution >= 4 is 13.8 Å². The summed E-state index contributed by atoms with van der Waals surface area (Å²) < 4.78 is 33.0. The van der Waals surface area contributed by atoms with E-state index in [4.69, 9.17) is 24.3 Å². The third-order valence-corrected chi connectivity index (χ3v) is 8.66. The van der Waals surface area contributed by atoms with Crippen LogP contribution in [-0.2, 0) is 27.9 Å². The van der Waals surface area contributed by atoms with Gasteiger partial charge in [0.15, 0.2) is 6.10 Å². The number of nitrogens with two attached hydrogens (primary N) is 1. The third kappa shape index (κ3) is 37.0. The number of rotatable bonds is 36. The van der Waals surface area contributed by atoms with Crippen LogP contribution in [0.3, 0.4) is 0 Å². The van der Waals surface area contributed by atoms with E-state index in [0.717, 1.165) is 57.8 Å². The van der Waals surface area contributed by atoms with Gasteiger partial charge in [0, 0.05) is 13.0 Å². The van der Waals surface area contributed by atoms with Gasteiger partial charge in [0.1, 0.15) is 6.61 Å². The van der Waals surface area contributed by atoms with E-state index in [1.165, 1.54) is 64.2 Å². The molecule has 50 heavy (non-hydrogen) atoms. The van der Waals surface area contributed by atoms with Gasteiger partial charge in [0.25, 0.3) is 0 Å². The Kier molecular flexibility index (Phi) is 36.3. The number of hydrogen-bond donors (Lipinski definition) is 2. The van der Waals surface area contributed by atoms with E-state index >= 15 is 0 Å². The van der Waals surface area contributed by atoms with E-state index in [1.807, 2.05) is 6.08 Å². The van der Waals surface area contributed by atoms with Crippen LogP contribution < -0.4 is 5.73 Å². The van der Waals surface area contributed by atoms with Gasteiger partial charge in [-0.05, 0) is 89.5 Å². The number of unbranched alkanes of at least 4 members (excludes halogenated alkanes) is 13. The Bertz CT molecular complexity index is 989. The maximum atomic E-state index is 12.5. The molecule has 9 heteroatoms. The molecule has 8 nitrogen and oxygen atoms in total. The quantitative estimate of drug-likeness (QED) is 0.0216. The summed E-state index contributed by atoms with van der Waals surface area (Å²) in [6.45, 7) is 4.03. The molecule has 0 fully saturated rings. The number of allylic oxidation sites excluding steroid dienone is 11. The molecule has 0 saturated heterocycles. The van der Waals surface area contributed by atoms with E-state index in [2.05, 4.69) is 74.6 Å². The predicted octanol–water partition coefficient (Wildman–Crippen LogP) is 11.5. The zero-order chi connectivity index (χ0) is 36.6. The van der Waals surface area contributed by atoms with Crippen molar-refractivity contribution in [2.75, 3.05) is 26.4 Å². The van der Waals surface area contributed by atoms with Crippen LogP contribution in [0.2, 0.25) is 0 Å². The Labute approximate surface area is 305 Å². The van der Waals surface area contributed by atoms with Gasteiger partial charge in [0.2, 0.25) is 0 Å². The number of phosphoric acid groups is 1. The van der Waals surface area contributed by atoms with E-state index in [-0.39, 0.29) is 32.8 Å². The molecule has 0 rings (SSSR count). The molecule has 0 aromatic heterocycles. The Morgan fingerprint density at radius 1 is 0.640 bits per heavy atom. The van der Waals surface area contributed by atoms with E-state index in [0.29, 0.717) is 6.42 Å². The van der Waals surface area contributed by atoms with Crippen molar-refractivity contribution in [2.45, 2.75) is 155 Å². The largest absolute Gasteiger partial charge is 0.498 e. The molecule has 0 aromatic carbocycles. The maximum Gasteiger partial charge on any atom is 0.472 e. The van der Waals surface area contributed by atoms with Crippen LogP contribution in [-0.4, -0.2) is 43.3 Å². The minimum atomic E-state index is -4.31. The lowest BCUT2D eigenvalue weighted by atomic mass is 10.1. The highest BCUT2D eigenvalue weighted by Gasteiger charge is 2.25. The molecule has 3 N–H and O–H groups in total. The van der Waals surface area contributed by atoms with Gasteiger partial charge in [-0.1, -0.05) is 120 Å². The zero-order valence-corrected chi connectivity index (χ0v) is 32.5. The van der Waals surface area contributed by atoms with E-state index in [1.54, 1.807) is 6.26 Å². The minimum absolute atomic E-state index is 0.00611. The second-order valence-corrected chi connectivity index (χ2v) is 13.9. The second kappa shape index (κ2) is 38.0. The lowest BCUT2D eigenvalue weighted by Gasteiger charge is -2.19. The molecule has 0 spiro atoms. The number of carbonyl (C=O) groups excluding carboxylic acids is 1. The van der Waals surface area contributed by atoms with Gasteiger partial charge in [-0.25, -0.2) is 4.57 Å². The second-order valence-electron chi connectivity index (χ2n) is 12.5. The number of carbonyl (C=O) groups is 1. The van der Waals surface area contributed by atoms with Crippen LogP contribution in [0.25, 0.3) is 0 Å². The van der Waals surface area contributed by atoms with Gasteiger partial charge < -0.3 is 20.1 Å². The highest BCUT2D eigenvalue weighted by atomic mass is 31.2. The topological polar surface area (TPSA) is 117 Å². The minimum Gasteiger partial charge on any atom is -0.498 e. The van der Waals surface area contributed by atoms with Crippen molar-refractivity contribution in [3.63, 3.8) is 0 Å². The van der Waals surface area contributed by atoms with Crippen LogP contribution in [0.5, 0.6) is 0 Å². The first kappa shape index (κ1) is 47.8. The fraction of sp³-hybridized carbons (Fsp3) is 0.683. The summed E-state index contributed by atoms with van der Waals surface area (Å²) in [6.07, 6.45) is 47.3. The summed E-state index contributed by atoms with van der Waals surface area (Å²) in [6, 6.07) is 0. The van der Waals surface area contributed by atoms with Crippen molar-refractivity contribution in [3.8, 4) is 0 Å². The number of phosphoric ester groups is 1. The normalized spacial score (nSPS) is 14.3. The monoisotopic (exact) mass is 722 g/mol. The molecule has 2 atom stereocenters. The fourth-order valence-electron chi connectivity index (χ4n) is 4.83. The van der Waals surface area contributed by atoms with Crippen molar-refractivity contribution in [3.05, 3.63) is 73.1 Å². The standard InChI is InChI=1S/C41H72NO7P/c1-3-5-7-9-11-13-15-17-19-21-23-25-27-29-31-33-36-46-38-40(39-48-50(44,45)47-37-35-42)49-41(43)34-32-30-28-26-24-22-20-18-16-14-12-10-8-6-4-2/h6,8,12,14,17-20,24,26,33,36,40H,3-5,7,9-11,13,15-16,21-23,25,27-32,34-35,37-39,42H2,1-2H3,(H,44,45)/t40-/m1/s1. The summed E-state index contributed by atoms with van der Waals surface area (Å²) >= 11 is 0. The molecule has 0 radical (unpaired) electrons. The first-order valence-corrected chi connectivity index (χ1v) is 21.0. The van der Waals surface area contributed by atoms with Gasteiger partial charge >= 0.3 is 13.8 Å². The Morgan fingerprint density at radius 2 is 1.14 bits per heavy atom. The fourth-order valence-corrected chi connectivity index (χ4v) is 5.59. The number of esters is 1. The summed E-state index contributed by atoms with van der Waals surface area (Å²) in [4.78, 5) is 22.4. The molecule has 1 unspecified atom stereocenters. The SMILES string of the molecule is CCC=CCC=CCC=CCC=CCCCCC(=O)O[C@H](COC=CCCCCCCC=CCCCCCCCC)COP(=O)(O)OCCN. The molecule has 0 aliphatic rings. The molecule has 0 saturated carbocycles. The summed E-state index contributed by atoms with van der Waals surface area (Å²) in [5, 5.41) is 0. The Balaban J connectivity index is 4.25. The maximum absolute atomic E-state index is 12.5. The molecular weight excluding hydrogens is 649 g/mol. The third-order valence-electron chi connectivity index (χ3n) is 7.67. The van der Waals surface area contributed by atoms with Crippen molar-refractivity contribution < 1.29 is 32.8 Å². The lowest BCUT2D eigenvalue weighted by molar-refractivity contribution is -0.153. The Morgan fingerprint density at radius 3 is 1.72 bits per heavy atom. The van der Waals surface area contributed by atoms with Gasteiger partial charge in [-0.3, -0.25) is 13.8 Å². The average Bonchev–Trinajstić information content (AvgIpc) is 3.10. The molecule has 0 aliphatic heterocycles. The van der Waals surface area contributed by atoms with E-state index < -0.39 is 19.9 Å². The smallest absolute Gasteiger partial charge is 0.472 e. The molecule has 0 amide bonds. The first-order chi connectivity index (χ1) is 24.4. The van der Waals surface area contributed by atoms with Crippen LogP contribution >= 0.6 is 7.82 Å². The highest BCUT2D eigenvalue weighted by molar-refractivity contribution is 7.47. The Hall–Kier alpha value is -2.22. The molecule has 0 aliphatic carbocycles. The predicted molar refractivity (Wildman–Crippen MR) is 210 cm³/mol. The van der Waals surface area contributed by atoms with Gasteiger partial charge in [-0.2, -0.15) is 0 Å². The summed E-state index contributed by atoms with van der Waals surface area (Å²) in [7, 11) is -4.31. The summed E-state index contributed by atoms with van der Waals surface area (Å²) in [5.74, 6) is -0.399. The van der Waals surface area contributed by atoms with Gasteiger partial charge in [-0.15, -0.1) is 0 Å². The molecule has 288 valence electrons. The summed E-state index contributed by atoms with van der Waals surface area (Å²) in [5.41, 5.74) is 5.34. The zero-order valence-electron chi connectivity index (χ0n) is 31.6. The van der Waals surface area contributed by atoms with Crippen LogP contribution in [0.4, 0.5) is 0 Å².